The zero-order chi connectivity index (χ0) is 17.1. The van der Waals surface area contributed by atoms with Crippen LogP contribution in [0.1, 0.15) is 25.8 Å². The van der Waals surface area contributed by atoms with Crippen LogP contribution in [0.4, 0.5) is 5.69 Å². The Hall–Kier alpha value is -1.69. The van der Waals surface area contributed by atoms with E-state index >= 15 is 0 Å². The van der Waals surface area contributed by atoms with Crippen LogP contribution in [-0.4, -0.2) is 37.5 Å². The number of anilines is 1. The predicted octanol–water partition coefficient (Wildman–Crippen LogP) is 2.70. The highest BCUT2D eigenvalue weighted by Crippen LogP contribution is 2.13. The van der Waals surface area contributed by atoms with Gasteiger partial charge in [0.1, 0.15) is 0 Å². The van der Waals surface area contributed by atoms with E-state index in [9.17, 15) is 4.79 Å². The van der Waals surface area contributed by atoms with Crippen molar-refractivity contribution < 1.29 is 4.79 Å². The molecule has 0 aliphatic rings. The molecular formula is C17H28N4OS. The SMILES string of the molecule is CCC(C)C(=O)Nc1cccc(CNC(=NC)NCCSC)c1. The molecule has 6 heteroatoms. The molecule has 3 N–H and O–H groups in total. The van der Waals surface area contributed by atoms with Crippen LogP contribution in [0.5, 0.6) is 0 Å². The van der Waals surface area contributed by atoms with Crippen LogP contribution in [0.25, 0.3) is 0 Å². The van der Waals surface area contributed by atoms with Crippen LogP contribution in [-0.2, 0) is 11.3 Å². The summed E-state index contributed by atoms with van der Waals surface area (Å²) < 4.78 is 0. The lowest BCUT2D eigenvalue weighted by atomic mass is 10.1. The molecule has 0 heterocycles. The summed E-state index contributed by atoms with van der Waals surface area (Å²) in [6.45, 7) is 5.49. The fraction of sp³-hybridized carbons (Fsp3) is 0.529. The van der Waals surface area contributed by atoms with Crippen molar-refractivity contribution in [2.75, 3.05) is 30.9 Å². The standard InChI is InChI=1S/C17H28N4OS/c1-5-13(2)16(22)21-15-8-6-7-14(11-15)12-20-17(18-3)19-9-10-23-4/h6-8,11,13H,5,9-10,12H2,1-4H3,(H,21,22)(H2,18,19,20). The average molecular weight is 337 g/mol. The van der Waals surface area contributed by atoms with E-state index in [0.717, 1.165) is 35.9 Å². The highest BCUT2D eigenvalue weighted by Gasteiger charge is 2.10. The summed E-state index contributed by atoms with van der Waals surface area (Å²) in [5, 5.41) is 9.50. The first-order chi connectivity index (χ1) is 11.1. The zero-order valence-electron chi connectivity index (χ0n) is 14.5. The maximum atomic E-state index is 12.0. The number of carbonyl (C=O) groups is 1. The average Bonchev–Trinajstić information content (AvgIpc) is 2.57. The normalized spacial score (nSPS) is 12.6. The van der Waals surface area contributed by atoms with Crippen molar-refractivity contribution in [3.8, 4) is 0 Å². The Morgan fingerprint density at radius 2 is 2.13 bits per heavy atom. The Balaban J connectivity index is 2.54. The molecule has 0 aliphatic heterocycles. The lowest BCUT2D eigenvalue weighted by Crippen LogP contribution is -2.37. The number of guanidine groups is 1. The third kappa shape index (κ3) is 7.41. The molecule has 1 atom stereocenters. The molecule has 0 fully saturated rings. The maximum Gasteiger partial charge on any atom is 0.227 e. The molecular weight excluding hydrogens is 308 g/mol. The summed E-state index contributed by atoms with van der Waals surface area (Å²) in [7, 11) is 1.76. The van der Waals surface area contributed by atoms with Crippen molar-refractivity contribution in [3.63, 3.8) is 0 Å². The lowest BCUT2D eigenvalue weighted by Gasteiger charge is -2.13. The van der Waals surface area contributed by atoms with Crippen LogP contribution < -0.4 is 16.0 Å². The topological polar surface area (TPSA) is 65.5 Å². The van der Waals surface area contributed by atoms with Gasteiger partial charge in [0.25, 0.3) is 0 Å². The van der Waals surface area contributed by atoms with Gasteiger partial charge in [0.15, 0.2) is 5.96 Å². The summed E-state index contributed by atoms with van der Waals surface area (Å²) in [6.07, 6.45) is 2.92. The van der Waals surface area contributed by atoms with Crippen LogP contribution in [0.3, 0.4) is 0 Å². The largest absolute Gasteiger partial charge is 0.356 e. The Labute approximate surface area is 143 Å². The van der Waals surface area contributed by atoms with Gasteiger partial charge in [-0.05, 0) is 30.4 Å². The molecule has 0 spiro atoms. The first-order valence-corrected chi connectivity index (χ1v) is 9.33. The molecule has 0 bridgehead atoms. The third-order valence-corrected chi connectivity index (χ3v) is 4.15. The Morgan fingerprint density at radius 1 is 1.35 bits per heavy atom. The maximum absolute atomic E-state index is 12.0. The van der Waals surface area contributed by atoms with E-state index in [1.54, 1.807) is 18.8 Å². The Bertz CT molecular complexity index is 519. The number of nitrogens with one attached hydrogen (secondary N) is 3. The predicted molar refractivity (Wildman–Crippen MR) is 101 cm³/mol. The monoisotopic (exact) mass is 336 g/mol. The number of hydrogen-bond donors (Lipinski definition) is 3. The van der Waals surface area contributed by atoms with E-state index < -0.39 is 0 Å². The van der Waals surface area contributed by atoms with Gasteiger partial charge in [-0.1, -0.05) is 26.0 Å². The van der Waals surface area contributed by atoms with Gasteiger partial charge in [-0.3, -0.25) is 9.79 Å². The molecule has 128 valence electrons. The number of benzene rings is 1. The molecule has 23 heavy (non-hydrogen) atoms. The second-order valence-electron chi connectivity index (χ2n) is 5.34. The molecule has 0 aromatic heterocycles. The van der Waals surface area contributed by atoms with Crippen LogP contribution >= 0.6 is 11.8 Å². The van der Waals surface area contributed by atoms with Crippen molar-refractivity contribution in [3.05, 3.63) is 29.8 Å². The molecule has 0 aliphatic carbocycles. The van der Waals surface area contributed by atoms with Gasteiger partial charge in [0, 0.05) is 37.5 Å². The molecule has 0 radical (unpaired) electrons. The number of nitrogens with zero attached hydrogens (tertiary/aromatic N) is 1. The van der Waals surface area contributed by atoms with Gasteiger partial charge in [0.2, 0.25) is 5.91 Å². The van der Waals surface area contributed by atoms with Crippen LogP contribution in [0.15, 0.2) is 29.3 Å². The number of hydrogen-bond acceptors (Lipinski definition) is 3. The molecule has 1 unspecified atom stereocenters. The molecule has 1 amide bonds. The number of amides is 1. The minimum absolute atomic E-state index is 0.0243. The Kier molecular flexibility index (Phi) is 9.21. The van der Waals surface area contributed by atoms with Gasteiger partial charge in [-0.25, -0.2) is 0 Å². The Morgan fingerprint density at radius 3 is 2.78 bits per heavy atom. The summed E-state index contributed by atoms with van der Waals surface area (Å²) in [5.74, 6) is 1.91. The second-order valence-corrected chi connectivity index (χ2v) is 6.33. The van der Waals surface area contributed by atoms with Crippen molar-refractivity contribution in [1.29, 1.82) is 0 Å². The van der Waals surface area contributed by atoms with Gasteiger partial charge in [-0.15, -0.1) is 0 Å². The van der Waals surface area contributed by atoms with E-state index in [4.69, 9.17) is 0 Å². The van der Waals surface area contributed by atoms with E-state index in [2.05, 4.69) is 27.2 Å². The lowest BCUT2D eigenvalue weighted by molar-refractivity contribution is -0.119. The summed E-state index contributed by atoms with van der Waals surface area (Å²) in [4.78, 5) is 16.2. The van der Waals surface area contributed by atoms with Crippen molar-refractivity contribution in [2.24, 2.45) is 10.9 Å². The van der Waals surface area contributed by atoms with E-state index in [0.29, 0.717) is 6.54 Å². The van der Waals surface area contributed by atoms with E-state index in [1.165, 1.54) is 0 Å². The minimum atomic E-state index is 0.0243. The van der Waals surface area contributed by atoms with Gasteiger partial charge in [-0.2, -0.15) is 11.8 Å². The third-order valence-electron chi connectivity index (χ3n) is 3.54. The van der Waals surface area contributed by atoms with E-state index in [-0.39, 0.29) is 11.8 Å². The number of rotatable bonds is 8. The fourth-order valence-electron chi connectivity index (χ4n) is 1.89. The summed E-state index contributed by atoms with van der Waals surface area (Å²) in [6, 6.07) is 7.88. The first-order valence-electron chi connectivity index (χ1n) is 7.94. The highest BCUT2D eigenvalue weighted by atomic mass is 32.2. The summed E-state index contributed by atoms with van der Waals surface area (Å²) in [5.41, 5.74) is 1.93. The van der Waals surface area contributed by atoms with Gasteiger partial charge >= 0.3 is 0 Å². The van der Waals surface area contributed by atoms with Crippen molar-refractivity contribution in [1.82, 2.24) is 10.6 Å². The number of carbonyl (C=O) groups excluding carboxylic acids is 1. The molecule has 0 saturated heterocycles. The molecule has 5 nitrogen and oxygen atoms in total. The molecule has 1 aromatic rings. The summed E-state index contributed by atoms with van der Waals surface area (Å²) >= 11 is 1.79. The van der Waals surface area contributed by atoms with E-state index in [1.807, 2.05) is 38.1 Å². The van der Waals surface area contributed by atoms with Gasteiger partial charge in [0.05, 0.1) is 0 Å². The zero-order valence-corrected chi connectivity index (χ0v) is 15.3. The van der Waals surface area contributed by atoms with Crippen molar-refractivity contribution in [2.45, 2.75) is 26.8 Å². The number of aliphatic imine (C=N–C) groups is 1. The molecule has 1 aromatic carbocycles. The first kappa shape index (κ1) is 19.4. The second kappa shape index (κ2) is 10.9. The van der Waals surface area contributed by atoms with Crippen LogP contribution in [0, 0.1) is 5.92 Å². The molecule has 0 saturated carbocycles. The quantitative estimate of drug-likeness (QED) is 0.388. The van der Waals surface area contributed by atoms with Crippen molar-refractivity contribution >= 4 is 29.3 Å². The smallest absolute Gasteiger partial charge is 0.227 e. The minimum Gasteiger partial charge on any atom is -0.356 e. The molecule has 1 rings (SSSR count). The van der Waals surface area contributed by atoms with Crippen LogP contribution in [0.2, 0.25) is 0 Å². The fourth-order valence-corrected chi connectivity index (χ4v) is 2.19. The highest BCUT2D eigenvalue weighted by molar-refractivity contribution is 7.98. The number of thioether (sulfide) groups is 1. The van der Waals surface area contributed by atoms with Gasteiger partial charge < -0.3 is 16.0 Å².